The smallest absolute Gasteiger partial charge is 0.0887 e. The number of hydrogen-bond donors (Lipinski definition) is 0. The molecule has 1 aromatic carbocycles. The van der Waals surface area contributed by atoms with Crippen LogP contribution < -0.4 is 0 Å². The first-order valence-corrected chi connectivity index (χ1v) is 6.18. The number of hydrogen-bond acceptors (Lipinski definition) is 0. The third-order valence-electron chi connectivity index (χ3n) is 2.52. The van der Waals surface area contributed by atoms with Crippen molar-refractivity contribution in [1.82, 2.24) is 4.57 Å². The summed E-state index contributed by atoms with van der Waals surface area (Å²) in [6, 6.07) is 6.32. The van der Waals surface area contributed by atoms with Gasteiger partial charge in [-0.15, -0.1) is 0 Å². The highest BCUT2D eigenvalue weighted by atomic mass is 79.9. The summed E-state index contributed by atoms with van der Waals surface area (Å²) < 4.78 is 4.61. The van der Waals surface area contributed by atoms with Gasteiger partial charge in [0.05, 0.1) is 10.1 Å². The van der Waals surface area contributed by atoms with Crippen LogP contribution >= 0.6 is 31.9 Å². The molecule has 74 valence electrons. The van der Waals surface area contributed by atoms with E-state index in [0.717, 1.165) is 11.0 Å². The number of aryl methyl sites for hydroxylation is 2. The molecule has 1 aromatic heterocycles. The summed E-state index contributed by atoms with van der Waals surface area (Å²) in [7, 11) is 0. The fraction of sp³-hybridized carbons (Fsp3) is 0.273. The Hall–Kier alpha value is -0.280. The lowest BCUT2D eigenvalue weighted by Crippen LogP contribution is -1.93. The van der Waals surface area contributed by atoms with Crippen LogP contribution in [0.2, 0.25) is 0 Å². The van der Waals surface area contributed by atoms with Gasteiger partial charge in [-0.1, -0.05) is 12.1 Å². The Kier molecular flexibility index (Phi) is 2.71. The average Bonchev–Trinajstić information content (AvgIpc) is 2.43. The van der Waals surface area contributed by atoms with Crippen molar-refractivity contribution < 1.29 is 0 Å². The summed E-state index contributed by atoms with van der Waals surface area (Å²) in [5, 5.41) is 1.31. The van der Waals surface area contributed by atoms with Crippen LogP contribution in [0.25, 0.3) is 10.9 Å². The predicted octanol–water partition coefficient (Wildman–Crippen LogP) is 4.49. The van der Waals surface area contributed by atoms with Crippen LogP contribution in [0.3, 0.4) is 0 Å². The first kappa shape index (κ1) is 10.2. The Labute approximate surface area is 100 Å². The van der Waals surface area contributed by atoms with Gasteiger partial charge in [-0.2, -0.15) is 0 Å². The van der Waals surface area contributed by atoms with Crippen molar-refractivity contribution in [2.24, 2.45) is 0 Å². The molecule has 0 amide bonds. The number of aromatic nitrogens is 1. The third-order valence-corrected chi connectivity index (χ3v) is 4.19. The van der Waals surface area contributed by atoms with Crippen molar-refractivity contribution in [3.05, 3.63) is 32.8 Å². The summed E-state index contributed by atoms with van der Waals surface area (Å²) in [5.41, 5.74) is 2.59. The molecule has 0 spiro atoms. The molecule has 0 unspecified atom stereocenters. The molecule has 3 heteroatoms. The fourth-order valence-electron chi connectivity index (χ4n) is 1.80. The molecule has 0 saturated carbocycles. The van der Waals surface area contributed by atoms with Crippen LogP contribution in [-0.2, 0) is 6.54 Å². The summed E-state index contributed by atoms with van der Waals surface area (Å²) in [6.45, 7) is 5.28. The molecule has 0 aliphatic rings. The van der Waals surface area contributed by atoms with E-state index in [4.69, 9.17) is 0 Å². The quantitative estimate of drug-likeness (QED) is 0.730. The number of benzene rings is 1. The maximum atomic E-state index is 3.63. The maximum Gasteiger partial charge on any atom is 0.0887 e. The summed E-state index contributed by atoms with van der Waals surface area (Å²) in [6.07, 6.45) is 0. The zero-order chi connectivity index (χ0) is 10.3. The molecule has 1 heterocycles. The van der Waals surface area contributed by atoms with Crippen LogP contribution in [0.15, 0.2) is 27.3 Å². The van der Waals surface area contributed by atoms with E-state index in [-0.39, 0.29) is 0 Å². The van der Waals surface area contributed by atoms with Crippen LogP contribution in [0.4, 0.5) is 0 Å². The molecule has 0 aliphatic heterocycles. The van der Waals surface area contributed by atoms with Gasteiger partial charge in [0.2, 0.25) is 0 Å². The molecule has 1 nitrogen and oxygen atoms in total. The number of fused-ring (bicyclic) bond motifs is 1. The second-order valence-electron chi connectivity index (χ2n) is 3.30. The monoisotopic (exact) mass is 315 g/mol. The zero-order valence-corrected chi connectivity index (χ0v) is 11.3. The van der Waals surface area contributed by atoms with Crippen molar-refractivity contribution in [3.8, 4) is 0 Å². The van der Waals surface area contributed by atoms with Gasteiger partial charge in [-0.05, 0) is 57.3 Å². The Morgan fingerprint density at radius 2 is 2.00 bits per heavy atom. The molecule has 0 fully saturated rings. The Morgan fingerprint density at radius 3 is 2.64 bits per heavy atom. The van der Waals surface area contributed by atoms with Crippen molar-refractivity contribution >= 4 is 42.8 Å². The van der Waals surface area contributed by atoms with Crippen LogP contribution in [-0.4, -0.2) is 4.57 Å². The lowest BCUT2D eigenvalue weighted by Gasteiger charge is -2.03. The van der Waals surface area contributed by atoms with E-state index in [1.54, 1.807) is 0 Å². The molecule has 2 aromatic rings. The average molecular weight is 317 g/mol. The van der Waals surface area contributed by atoms with E-state index in [2.05, 4.69) is 68.5 Å². The number of rotatable bonds is 1. The molecule has 0 radical (unpaired) electrons. The van der Waals surface area contributed by atoms with Gasteiger partial charge < -0.3 is 4.57 Å². The van der Waals surface area contributed by atoms with Crippen molar-refractivity contribution in [2.45, 2.75) is 20.4 Å². The number of nitrogens with zero attached hydrogens (tertiary/aromatic N) is 1. The van der Waals surface area contributed by atoms with Crippen LogP contribution in [0.5, 0.6) is 0 Å². The molecule has 0 saturated heterocycles. The van der Waals surface area contributed by atoms with E-state index in [1.807, 2.05) is 0 Å². The van der Waals surface area contributed by atoms with Crippen molar-refractivity contribution in [2.75, 3.05) is 0 Å². The van der Waals surface area contributed by atoms with E-state index < -0.39 is 0 Å². The molecule has 0 bridgehead atoms. The van der Waals surface area contributed by atoms with Gasteiger partial charge in [-0.3, -0.25) is 0 Å². The van der Waals surface area contributed by atoms with E-state index in [9.17, 15) is 0 Å². The van der Waals surface area contributed by atoms with Gasteiger partial charge >= 0.3 is 0 Å². The SMILES string of the molecule is CCn1c(Br)c(C)c2cccc(Br)c21. The minimum atomic E-state index is 0.980. The van der Waals surface area contributed by atoms with Gasteiger partial charge in [0, 0.05) is 16.4 Å². The standard InChI is InChI=1S/C11H11Br2N/c1-3-14-10-8(7(2)11(14)13)5-4-6-9(10)12/h4-6H,3H2,1-2H3. The summed E-state index contributed by atoms with van der Waals surface area (Å²) >= 11 is 7.22. The number of para-hydroxylation sites is 1. The van der Waals surface area contributed by atoms with Crippen LogP contribution in [0.1, 0.15) is 12.5 Å². The van der Waals surface area contributed by atoms with Crippen molar-refractivity contribution in [3.63, 3.8) is 0 Å². The maximum absolute atomic E-state index is 3.63. The highest BCUT2D eigenvalue weighted by Crippen LogP contribution is 2.33. The Morgan fingerprint density at radius 1 is 1.29 bits per heavy atom. The van der Waals surface area contributed by atoms with E-state index >= 15 is 0 Å². The lowest BCUT2D eigenvalue weighted by atomic mass is 10.2. The molecule has 0 N–H and O–H groups in total. The third kappa shape index (κ3) is 1.34. The van der Waals surface area contributed by atoms with Gasteiger partial charge in [0.1, 0.15) is 0 Å². The summed E-state index contributed by atoms with van der Waals surface area (Å²) in [5.74, 6) is 0. The van der Waals surface area contributed by atoms with Gasteiger partial charge in [0.25, 0.3) is 0 Å². The Bertz CT molecular complexity index is 485. The predicted molar refractivity (Wildman–Crippen MR) is 67.7 cm³/mol. The highest BCUT2D eigenvalue weighted by Gasteiger charge is 2.12. The highest BCUT2D eigenvalue weighted by molar-refractivity contribution is 9.11. The summed E-state index contributed by atoms with van der Waals surface area (Å²) in [4.78, 5) is 0. The van der Waals surface area contributed by atoms with Gasteiger partial charge in [0.15, 0.2) is 0 Å². The lowest BCUT2D eigenvalue weighted by molar-refractivity contribution is 0.775. The normalized spacial score (nSPS) is 11.1. The second kappa shape index (κ2) is 3.70. The van der Waals surface area contributed by atoms with E-state index in [0.29, 0.717) is 0 Å². The first-order valence-electron chi connectivity index (χ1n) is 4.59. The Balaban J connectivity index is 2.96. The first-order chi connectivity index (χ1) is 6.66. The fourth-order valence-corrected chi connectivity index (χ4v) is 3.02. The van der Waals surface area contributed by atoms with Crippen LogP contribution in [0, 0.1) is 6.92 Å². The molecular formula is C11H11Br2N. The molecular weight excluding hydrogens is 306 g/mol. The minimum Gasteiger partial charge on any atom is -0.334 e. The van der Waals surface area contributed by atoms with Crippen molar-refractivity contribution in [1.29, 1.82) is 0 Å². The van der Waals surface area contributed by atoms with E-state index in [1.165, 1.54) is 21.1 Å². The number of halogens is 2. The topological polar surface area (TPSA) is 4.93 Å². The van der Waals surface area contributed by atoms with Gasteiger partial charge in [-0.25, -0.2) is 0 Å². The largest absolute Gasteiger partial charge is 0.334 e. The molecule has 0 atom stereocenters. The second-order valence-corrected chi connectivity index (χ2v) is 4.90. The minimum absolute atomic E-state index is 0.980. The molecule has 2 rings (SSSR count). The zero-order valence-electron chi connectivity index (χ0n) is 8.14. The molecule has 14 heavy (non-hydrogen) atoms. The molecule has 0 aliphatic carbocycles.